The number of aryl methyl sites for hydroxylation is 2. The molecule has 7 heteroatoms. The molecule has 2 aromatic heterocycles. The molecule has 3 aromatic rings. The van der Waals surface area contributed by atoms with Gasteiger partial charge in [0, 0.05) is 43.9 Å². The summed E-state index contributed by atoms with van der Waals surface area (Å²) in [5.74, 6) is -3.07. The van der Waals surface area contributed by atoms with Gasteiger partial charge in [-0.3, -0.25) is 14.5 Å². The number of hydrogen-bond donors (Lipinski definition) is 1. The summed E-state index contributed by atoms with van der Waals surface area (Å²) >= 11 is 0. The van der Waals surface area contributed by atoms with Gasteiger partial charge in [0.2, 0.25) is 0 Å². The summed E-state index contributed by atoms with van der Waals surface area (Å²) in [5.41, 5.74) is 5.27. The second-order valence-corrected chi connectivity index (χ2v) is 7.68. The smallest absolute Gasteiger partial charge is 0.270 e. The van der Waals surface area contributed by atoms with Crippen LogP contribution in [0.4, 0.5) is 8.78 Å². The number of alkyl halides is 2. The lowest BCUT2D eigenvalue weighted by Crippen LogP contribution is -2.50. The first-order valence-corrected chi connectivity index (χ1v) is 9.52. The molecule has 0 spiro atoms. The van der Waals surface area contributed by atoms with Gasteiger partial charge in [-0.1, -0.05) is 24.3 Å². The van der Waals surface area contributed by atoms with E-state index in [2.05, 4.69) is 15.4 Å². The van der Waals surface area contributed by atoms with Crippen LogP contribution < -0.4 is 5.32 Å². The Kier molecular flexibility index (Phi) is 4.90. The van der Waals surface area contributed by atoms with Gasteiger partial charge in [0.1, 0.15) is 5.69 Å². The Bertz CT molecular complexity index is 1040. The van der Waals surface area contributed by atoms with Crippen LogP contribution >= 0.6 is 0 Å². The quantitative estimate of drug-likeness (QED) is 0.711. The van der Waals surface area contributed by atoms with Crippen LogP contribution in [0.1, 0.15) is 40.0 Å². The molecule has 1 fully saturated rings. The van der Waals surface area contributed by atoms with E-state index in [1.807, 2.05) is 50.5 Å². The van der Waals surface area contributed by atoms with Crippen molar-refractivity contribution < 1.29 is 13.6 Å². The number of aromatic nitrogens is 3. The molecule has 4 rings (SSSR count). The molecule has 1 amide bonds. The van der Waals surface area contributed by atoms with Crippen molar-refractivity contribution in [3.63, 3.8) is 0 Å². The topological polar surface area (TPSA) is 59.8 Å². The average Bonchev–Trinajstić information content (AvgIpc) is 3.09. The van der Waals surface area contributed by atoms with Gasteiger partial charge < -0.3 is 5.32 Å². The highest BCUT2D eigenvalue weighted by atomic mass is 19.3. The summed E-state index contributed by atoms with van der Waals surface area (Å²) in [6.45, 7) is 1.94. The first-order chi connectivity index (χ1) is 13.8. The van der Waals surface area contributed by atoms with Crippen molar-refractivity contribution in [1.29, 1.82) is 0 Å². The Morgan fingerprint density at radius 1 is 1.24 bits per heavy atom. The summed E-state index contributed by atoms with van der Waals surface area (Å²) in [5, 5.41) is 7.04. The highest BCUT2D eigenvalue weighted by Gasteiger charge is 2.46. The molecule has 1 saturated carbocycles. The van der Waals surface area contributed by atoms with Crippen molar-refractivity contribution in [3.05, 3.63) is 71.2 Å². The van der Waals surface area contributed by atoms with Crippen LogP contribution in [0.3, 0.4) is 0 Å². The lowest BCUT2D eigenvalue weighted by molar-refractivity contribution is -0.0901. The summed E-state index contributed by atoms with van der Waals surface area (Å²) in [7, 11) is 1.88. The summed E-state index contributed by atoms with van der Waals surface area (Å²) in [6.07, 6.45) is 3.60. The highest BCUT2D eigenvalue weighted by Crippen LogP contribution is 2.37. The number of hydrogen-bond acceptors (Lipinski definition) is 3. The molecule has 1 aliphatic rings. The van der Waals surface area contributed by atoms with Crippen LogP contribution in [0.15, 0.2) is 48.8 Å². The average molecular weight is 396 g/mol. The number of rotatable bonds is 5. The molecule has 29 heavy (non-hydrogen) atoms. The molecule has 0 radical (unpaired) electrons. The molecule has 5 nitrogen and oxygen atoms in total. The first-order valence-electron chi connectivity index (χ1n) is 9.52. The first kappa shape index (κ1) is 19.2. The maximum Gasteiger partial charge on any atom is 0.270 e. The fourth-order valence-corrected chi connectivity index (χ4v) is 3.48. The van der Waals surface area contributed by atoms with Gasteiger partial charge in [-0.05, 0) is 42.2 Å². The summed E-state index contributed by atoms with van der Waals surface area (Å²) in [6, 6.07) is 11.4. The molecule has 0 atom stereocenters. The lowest BCUT2D eigenvalue weighted by Gasteiger charge is -2.35. The number of nitrogens with zero attached hydrogens (tertiary/aromatic N) is 3. The second kappa shape index (κ2) is 7.39. The van der Waals surface area contributed by atoms with Crippen LogP contribution in [0.25, 0.3) is 11.3 Å². The van der Waals surface area contributed by atoms with E-state index < -0.39 is 17.9 Å². The van der Waals surface area contributed by atoms with Gasteiger partial charge >= 0.3 is 0 Å². The van der Waals surface area contributed by atoms with E-state index >= 15 is 0 Å². The summed E-state index contributed by atoms with van der Waals surface area (Å²) in [4.78, 5) is 16.5. The molecule has 1 aromatic carbocycles. The van der Waals surface area contributed by atoms with Crippen LogP contribution in [0.2, 0.25) is 0 Å². The van der Waals surface area contributed by atoms with Gasteiger partial charge in [-0.15, -0.1) is 0 Å². The molecule has 1 N–H and O–H groups in total. The van der Waals surface area contributed by atoms with Crippen molar-refractivity contribution >= 4 is 5.91 Å². The third-order valence-electron chi connectivity index (χ3n) is 5.23. The Balaban J connectivity index is 1.46. The molecule has 150 valence electrons. The zero-order chi connectivity index (χ0) is 20.6. The normalized spacial score (nSPS) is 15.7. The number of carbonyl (C=O) groups is 1. The lowest BCUT2D eigenvalue weighted by atomic mass is 9.88. The zero-order valence-electron chi connectivity index (χ0n) is 16.3. The van der Waals surface area contributed by atoms with Crippen molar-refractivity contribution in [2.24, 2.45) is 7.05 Å². The van der Waals surface area contributed by atoms with E-state index in [0.29, 0.717) is 6.42 Å². The molecular formula is C22H22F2N4O. The van der Waals surface area contributed by atoms with Crippen LogP contribution in [0.5, 0.6) is 0 Å². The minimum atomic E-state index is -2.66. The van der Waals surface area contributed by atoms with Crippen LogP contribution in [-0.4, -0.2) is 32.6 Å². The standard InChI is InChI=1S/C22H22F2N4O/c1-14-13-25-20(21(29)26-18-11-22(23,24)12-18)10-17(14)9-15-3-5-16(6-4-15)19-7-8-28(2)27-19/h3-8,10,13,18H,9,11-12H2,1-2H3,(H,26,29). The van der Waals surface area contributed by atoms with Crippen LogP contribution in [-0.2, 0) is 13.5 Å². The predicted molar refractivity (Wildman–Crippen MR) is 106 cm³/mol. The number of carbonyl (C=O) groups excluding carboxylic acids is 1. The van der Waals surface area contributed by atoms with Crippen molar-refractivity contribution in [2.75, 3.05) is 0 Å². The SMILES string of the molecule is Cc1cnc(C(=O)NC2CC(F)(F)C2)cc1Cc1ccc(-c2ccn(C)n2)cc1. The highest BCUT2D eigenvalue weighted by molar-refractivity contribution is 5.92. The fraction of sp³-hybridized carbons (Fsp3) is 0.318. The molecular weight excluding hydrogens is 374 g/mol. The predicted octanol–water partition coefficient (Wildman–Crippen LogP) is 3.91. The molecule has 0 unspecified atom stereocenters. The van der Waals surface area contributed by atoms with E-state index in [1.54, 1.807) is 16.9 Å². The Labute approximate surface area is 167 Å². The molecule has 1 aliphatic carbocycles. The van der Waals surface area contributed by atoms with Crippen molar-refractivity contribution in [1.82, 2.24) is 20.1 Å². The number of halogens is 2. The Hall–Kier alpha value is -3.09. The van der Waals surface area contributed by atoms with Gasteiger partial charge in [-0.2, -0.15) is 5.10 Å². The monoisotopic (exact) mass is 396 g/mol. The van der Waals surface area contributed by atoms with E-state index in [4.69, 9.17) is 0 Å². The maximum absolute atomic E-state index is 13.0. The Morgan fingerprint density at radius 3 is 2.59 bits per heavy atom. The van der Waals surface area contributed by atoms with Gasteiger partial charge in [0.15, 0.2) is 0 Å². The second-order valence-electron chi connectivity index (χ2n) is 7.68. The fourth-order valence-electron chi connectivity index (χ4n) is 3.48. The van der Waals surface area contributed by atoms with Gasteiger partial charge in [0.05, 0.1) is 5.69 Å². The number of benzene rings is 1. The molecule has 0 saturated heterocycles. The molecule has 2 heterocycles. The van der Waals surface area contributed by atoms with Crippen molar-refractivity contribution in [3.8, 4) is 11.3 Å². The van der Waals surface area contributed by atoms with Gasteiger partial charge in [-0.25, -0.2) is 8.78 Å². The molecule has 0 aliphatic heterocycles. The minimum Gasteiger partial charge on any atom is -0.348 e. The maximum atomic E-state index is 13.0. The van der Waals surface area contributed by atoms with E-state index in [0.717, 1.165) is 27.9 Å². The Morgan fingerprint density at radius 2 is 1.97 bits per heavy atom. The van der Waals surface area contributed by atoms with E-state index in [9.17, 15) is 13.6 Å². The summed E-state index contributed by atoms with van der Waals surface area (Å²) < 4.78 is 27.7. The van der Waals surface area contributed by atoms with E-state index in [-0.39, 0.29) is 18.5 Å². The number of nitrogens with one attached hydrogen (secondary N) is 1. The molecule has 0 bridgehead atoms. The van der Waals surface area contributed by atoms with Crippen LogP contribution in [0, 0.1) is 6.92 Å². The zero-order valence-corrected chi connectivity index (χ0v) is 16.3. The largest absolute Gasteiger partial charge is 0.348 e. The third-order valence-corrected chi connectivity index (χ3v) is 5.23. The third kappa shape index (κ3) is 4.34. The number of amides is 1. The minimum absolute atomic E-state index is 0.255. The number of pyridine rings is 1. The van der Waals surface area contributed by atoms with Crippen molar-refractivity contribution in [2.45, 2.75) is 38.2 Å². The van der Waals surface area contributed by atoms with Gasteiger partial charge in [0.25, 0.3) is 11.8 Å². The van der Waals surface area contributed by atoms with E-state index in [1.165, 1.54) is 0 Å².